The highest BCUT2D eigenvalue weighted by molar-refractivity contribution is 5.71. The smallest absolute Gasteiger partial charge is 0.000144 e. The zero-order chi connectivity index (χ0) is 13.2. The molecule has 96 valence electrons. The number of allylic oxidation sites excluding steroid dienone is 2. The van der Waals surface area contributed by atoms with Gasteiger partial charge in [-0.25, -0.2) is 0 Å². The minimum atomic E-state index is 0.518. The molecule has 0 N–H and O–H groups in total. The van der Waals surface area contributed by atoms with Crippen molar-refractivity contribution in [3.8, 4) is 0 Å². The molecule has 1 atom stereocenters. The van der Waals surface area contributed by atoms with E-state index in [1.807, 2.05) is 0 Å². The second kappa shape index (κ2) is 5.05. The highest BCUT2D eigenvalue weighted by Crippen LogP contribution is 2.34. The molecule has 2 aromatic carbocycles. The summed E-state index contributed by atoms with van der Waals surface area (Å²) >= 11 is 0. The zero-order valence-corrected chi connectivity index (χ0v) is 11.7. The van der Waals surface area contributed by atoms with Crippen LogP contribution in [0.1, 0.15) is 42.0 Å². The van der Waals surface area contributed by atoms with Gasteiger partial charge in [-0.05, 0) is 46.6 Å². The molecule has 0 spiro atoms. The molecule has 0 heteroatoms. The van der Waals surface area contributed by atoms with Gasteiger partial charge in [-0.2, -0.15) is 0 Å². The van der Waals surface area contributed by atoms with Crippen LogP contribution < -0.4 is 0 Å². The molecule has 0 aliphatic heterocycles. The van der Waals surface area contributed by atoms with E-state index in [2.05, 4.69) is 68.5 Å². The average Bonchev–Trinajstić information content (AvgIpc) is 2.47. The summed E-state index contributed by atoms with van der Waals surface area (Å²) in [5, 5.41) is 0. The SMILES string of the molecule is CCc1ccc2c(c1)CC(c1ccccc1)=CC2C. The summed E-state index contributed by atoms with van der Waals surface area (Å²) < 4.78 is 0. The molecule has 0 amide bonds. The van der Waals surface area contributed by atoms with Crippen LogP contribution in [0.2, 0.25) is 0 Å². The number of hydrogen-bond acceptors (Lipinski definition) is 0. The predicted molar refractivity (Wildman–Crippen MR) is 82.4 cm³/mol. The third kappa shape index (κ3) is 2.35. The van der Waals surface area contributed by atoms with Gasteiger partial charge >= 0.3 is 0 Å². The van der Waals surface area contributed by atoms with Crippen molar-refractivity contribution in [2.24, 2.45) is 0 Å². The largest absolute Gasteiger partial charge is 0.0731 e. The Balaban J connectivity index is 2.00. The van der Waals surface area contributed by atoms with Gasteiger partial charge in [0.05, 0.1) is 0 Å². The second-order valence-electron chi connectivity index (χ2n) is 5.41. The summed E-state index contributed by atoms with van der Waals surface area (Å²) in [6.45, 7) is 4.52. The summed E-state index contributed by atoms with van der Waals surface area (Å²) in [7, 11) is 0. The number of fused-ring (bicyclic) bond motifs is 1. The van der Waals surface area contributed by atoms with Crippen molar-refractivity contribution in [1.29, 1.82) is 0 Å². The van der Waals surface area contributed by atoms with Gasteiger partial charge in [-0.1, -0.05) is 68.5 Å². The van der Waals surface area contributed by atoms with Crippen LogP contribution in [0.4, 0.5) is 0 Å². The molecule has 1 aliphatic rings. The van der Waals surface area contributed by atoms with Crippen LogP contribution in [0.3, 0.4) is 0 Å². The lowest BCUT2D eigenvalue weighted by Crippen LogP contribution is -2.07. The second-order valence-corrected chi connectivity index (χ2v) is 5.41. The van der Waals surface area contributed by atoms with Crippen LogP contribution >= 0.6 is 0 Å². The molecule has 0 bridgehead atoms. The summed E-state index contributed by atoms with van der Waals surface area (Å²) in [6.07, 6.45) is 4.60. The van der Waals surface area contributed by atoms with Crippen molar-refractivity contribution < 1.29 is 0 Å². The molecule has 0 fully saturated rings. The summed E-state index contributed by atoms with van der Waals surface area (Å²) in [6, 6.07) is 17.7. The first kappa shape index (κ1) is 12.2. The van der Waals surface area contributed by atoms with Gasteiger partial charge in [0.25, 0.3) is 0 Å². The van der Waals surface area contributed by atoms with Crippen molar-refractivity contribution >= 4 is 5.57 Å². The minimum absolute atomic E-state index is 0.518. The third-order valence-corrected chi connectivity index (χ3v) is 4.08. The van der Waals surface area contributed by atoms with Crippen molar-refractivity contribution in [3.05, 3.63) is 76.9 Å². The molecule has 19 heavy (non-hydrogen) atoms. The van der Waals surface area contributed by atoms with Crippen LogP contribution in [0.25, 0.3) is 5.57 Å². The Morgan fingerprint density at radius 1 is 1.05 bits per heavy atom. The molecule has 2 aromatic rings. The first-order valence-electron chi connectivity index (χ1n) is 7.15. The predicted octanol–water partition coefficient (Wildman–Crippen LogP) is 4.99. The van der Waals surface area contributed by atoms with E-state index >= 15 is 0 Å². The molecule has 0 heterocycles. The summed E-state index contributed by atoms with van der Waals surface area (Å²) in [5.41, 5.74) is 7.28. The van der Waals surface area contributed by atoms with Crippen LogP contribution in [0.15, 0.2) is 54.6 Å². The maximum Gasteiger partial charge on any atom is -0.000144 e. The fraction of sp³-hybridized carbons (Fsp3) is 0.263. The molecular weight excluding hydrogens is 228 g/mol. The summed E-state index contributed by atoms with van der Waals surface area (Å²) in [4.78, 5) is 0. The Kier molecular flexibility index (Phi) is 3.25. The highest BCUT2D eigenvalue weighted by atomic mass is 14.2. The Bertz CT molecular complexity index is 605. The quantitative estimate of drug-likeness (QED) is 0.702. The maximum absolute atomic E-state index is 2.42. The van der Waals surface area contributed by atoms with Gasteiger partial charge in [-0.3, -0.25) is 0 Å². The fourth-order valence-corrected chi connectivity index (χ4v) is 2.98. The van der Waals surface area contributed by atoms with E-state index in [9.17, 15) is 0 Å². The van der Waals surface area contributed by atoms with E-state index in [-0.39, 0.29) is 0 Å². The van der Waals surface area contributed by atoms with Gasteiger partial charge in [-0.15, -0.1) is 0 Å². The van der Waals surface area contributed by atoms with Gasteiger partial charge in [0, 0.05) is 0 Å². The Hall–Kier alpha value is -1.82. The maximum atomic E-state index is 2.42. The van der Waals surface area contributed by atoms with Crippen LogP contribution in [-0.2, 0) is 12.8 Å². The van der Waals surface area contributed by atoms with Crippen LogP contribution in [0.5, 0.6) is 0 Å². The molecule has 0 saturated heterocycles. The molecule has 0 aromatic heterocycles. The van der Waals surface area contributed by atoms with E-state index < -0.39 is 0 Å². The molecule has 0 saturated carbocycles. The first-order valence-corrected chi connectivity index (χ1v) is 7.15. The van der Waals surface area contributed by atoms with Crippen LogP contribution in [-0.4, -0.2) is 0 Å². The highest BCUT2D eigenvalue weighted by Gasteiger charge is 2.17. The molecule has 3 rings (SSSR count). The van der Waals surface area contributed by atoms with E-state index in [1.54, 1.807) is 0 Å². The molecule has 0 radical (unpaired) electrons. The van der Waals surface area contributed by atoms with Crippen molar-refractivity contribution in [1.82, 2.24) is 0 Å². The fourth-order valence-electron chi connectivity index (χ4n) is 2.98. The Morgan fingerprint density at radius 2 is 1.84 bits per heavy atom. The number of hydrogen-bond donors (Lipinski definition) is 0. The standard InChI is InChI=1S/C19H20/c1-3-15-9-10-19-14(2)11-17(13-18(19)12-15)16-7-5-4-6-8-16/h4-12,14H,3,13H2,1-2H3. The van der Waals surface area contributed by atoms with E-state index in [1.165, 1.54) is 27.8 Å². The Labute approximate surface area is 115 Å². The normalized spacial score (nSPS) is 17.8. The average molecular weight is 248 g/mol. The number of benzene rings is 2. The number of rotatable bonds is 2. The lowest BCUT2D eigenvalue weighted by atomic mass is 9.82. The first-order chi connectivity index (χ1) is 9.28. The third-order valence-electron chi connectivity index (χ3n) is 4.08. The molecule has 1 unspecified atom stereocenters. The van der Waals surface area contributed by atoms with E-state index in [0.717, 1.165) is 12.8 Å². The molecular formula is C19H20. The summed E-state index contributed by atoms with van der Waals surface area (Å²) in [5.74, 6) is 0.518. The van der Waals surface area contributed by atoms with Crippen molar-refractivity contribution in [2.45, 2.75) is 32.6 Å². The van der Waals surface area contributed by atoms with E-state index in [4.69, 9.17) is 0 Å². The lowest BCUT2D eigenvalue weighted by molar-refractivity contribution is 0.911. The van der Waals surface area contributed by atoms with Gasteiger partial charge in [0.2, 0.25) is 0 Å². The number of aryl methyl sites for hydroxylation is 1. The van der Waals surface area contributed by atoms with Crippen LogP contribution in [0, 0.1) is 0 Å². The Morgan fingerprint density at radius 3 is 2.58 bits per heavy atom. The topological polar surface area (TPSA) is 0 Å². The van der Waals surface area contributed by atoms with Crippen molar-refractivity contribution in [2.75, 3.05) is 0 Å². The lowest BCUT2D eigenvalue weighted by Gasteiger charge is -2.23. The monoisotopic (exact) mass is 248 g/mol. The zero-order valence-electron chi connectivity index (χ0n) is 11.7. The van der Waals surface area contributed by atoms with Gasteiger partial charge < -0.3 is 0 Å². The van der Waals surface area contributed by atoms with Crippen molar-refractivity contribution in [3.63, 3.8) is 0 Å². The van der Waals surface area contributed by atoms with E-state index in [0.29, 0.717) is 5.92 Å². The minimum Gasteiger partial charge on any atom is -0.0731 e. The molecule has 0 nitrogen and oxygen atoms in total. The van der Waals surface area contributed by atoms with Gasteiger partial charge in [0.1, 0.15) is 0 Å². The molecule has 1 aliphatic carbocycles. The van der Waals surface area contributed by atoms with Gasteiger partial charge in [0.15, 0.2) is 0 Å².